The highest BCUT2D eigenvalue weighted by atomic mass is 32.2. The fraction of sp³-hybridized carbons (Fsp3) is 0.333. The Hall–Kier alpha value is -0.870. The Morgan fingerprint density at radius 2 is 2.00 bits per heavy atom. The van der Waals surface area contributed by atoms with Gasteiger partial charge < -0.3 is 0 Å². The average Bonchev–Trinajstić information content (AvgIpc) is 2.02. The molecule has 0 radical (unpaired) electrons. The lowest BCUT2D eigenvalue weighted by molar-refractivity contribution is 0.601. The summed E-state index contributed by atoms with van der Waals surface area (Å²) in [5.41, 5.74) is 3.32. The van der Waals surface area contributed by atoms with Crippen LogP contribution in [0.2, 0.25) is 0 Å². The Balaban J connectivity index is 2.77. The number of aryl methyl sites for hydroxylation is 2. The second kappa shape index (κ2) is 4.39. The van der Waals surface area contributed by atoms with Crippen molar-refractivity contribution in [1.82, 2.24) is 4.72 Å². The molecule has 0 fully saturated rings. The molecule has 0 bridgehead atoms. The minimum Gasteiger partial charge on any atom is -0.216 e. The average molecular weight is 199 g/mol. The lowest BCUT2D eigenvalue weighted by Crippen LogP contribution is -2.11. The van der Waals surface area contributed by atoms with Crippen molar-refractivity contribution in [3.8, 4) is 0 Å². The van der Waals surface area contributed by atoms with E-state index in [-0.39, 0.29) is 0 Å². The second-order valence-corrected chi connectivity index (χ2v) is 3.85. The van der Waals surface area contributed by atoms with E-state index >= 15 is 0 Å². The largest absolute Gasteiger partial charge is 0.216 e. The third kappa shape index (κ3) is 3.16. The van der Waals surface area contributed by atoms with Gasteiger partial charge in [0, 0.05) is 6.54 Å². The van der Waals surface area contributed by atoms with Crippen molar-refractivity contribution in [2.45, 2.75) is 20.4 Å². The van der Waals surface area contributed by atoms with Gasteiger partial charge in [-0.1, -0.05) is 23.8 Å². The number of rotatable bonds is 3. The lowest BCUT2D eigenvalue weighted by Gasteiger charge is -2.04. The zero-order valence-electron chi connectivity index (χ0n) is 7.70. The van der Waals surface area contributed by atoms with Crippen molar-refractivity contribution >= 4 is 10.9 Å². The van der Waals surface area contributed by atoms with Gasteiger partial charge in [0.05, 0.1) is 0 Å². The zero-order chi connectivity index (χ0) is 9.84. The van der Waals surface area contributed by atoms with E-state index in [2.05, 4.69) is 4.72 Å². The molecule has 0 aliphatic carbocycles. The van der Waals surface area contributed by atoms with Crippen LogP contribution in [0.5, 0.6) is 0 Å². The van der Waals surface area contributed by atoms with Gasteiger partial charge in [-0.15, -0.1) is 0 Å². The fourth-order valence-electron chi connectivity index (χ4n) is 1.19. The van der Waals surface area contributed by atoms with Gasteiger partial charge in [0.2, 0.25) is 10.9 Å². The third-order valence-corrected chi connectivity index (χ3v) is 2.31. The first kappa shape index (κ1) is 10.2. The molecule has 0 unspecified atom stereocenters. The summed E-state index contributed by atoms with van der Waals surface area (Å²) in [6.45, 7) is 4.37. The summed E-state index contributed by atoms with van der Waals surface area (Å²) in [5.74, 6) is 0. The second-order valence-electron chi connectivity index (χ2n) is 3.02. The molecule has 0 amide bonds. The van der Waals surface area contributed by atoms with Gasteiger partial charge in [-0.2, -0.15) is 0 Å². The molecule has 1 aromatic rings. The minimum atomic E-state index is -2.49. The minimum absolute atomic E-state index is 0.380. The van der Waals surface area contributed by atoms with Gasteiger partial charge >= 0.3 is 0 Å². The van der Waals surface area contributed by atoms with E-state index in [4.69, 9.17) is 0 Å². The van der Waals surface area contributed by atoms with Crippen LogP contribution in [-0.2, 0) is 17.4 Å². The summed E-state index contributed by atoms with van der Waals surface area (Å²) >= 11 is 0. The molecule has 0 aliphatic heterocycles. The van der Waals surface area contributed by atoms with E-state index in [1.165, 1.54) is 5.56 Å². The summed E-state index contributed by atoms with van der Waals surface area (Å²) < 4.78 is 22.9. The van der Waals surface area contributed by atoms with Gasteiger partial charge in [-0.05, 0) is 25.0 Å². The zero-order valence-corrected chi connectivity index (χ0v) is 8.60. The third-order valence-electron chi connectivity index (χ3n) is 1.90. The number of hydrogen-bond acceptors (Lipinski definition) is 2. The first-order valence-corrected chi connectivity index (χ1v) is 5.21. The van der Waals surface area contributed by atoms with Crippen LogP contribution in [0.1, 0.15) is 16.7 Å². The lowest BCUT2D eigenvalue weighted by atomic mass is 10.1. The molecule has 13 heavy (non-hydrogen) atoms. The Labute approximate surface area is 79.9 Å². The van der Waals surface area contributed by atoms with Crippen LogP contribution in [-0.4, -0.2) is 8.42 Å². The predicted octanol–water partition coefficient (Wildman–Crippen LogP) is 0.919. The van der Waals surface area contributed by atoms with E-state index in [0.717, 1.165) is 11.1 Å². The number of thiol groups is 1. The molecular formula is C9H13NO2S. The van der Waals surface area contributed by atoms with Crippen molar-refractivity contribution in [3.05, 3.63) is 34.9 Å². The topological polar surface area (TPSA) is 46.2 Å². The number of benzene rings is 1. The smallest absolute Gasteiger partial charge is 0.201 e. The Kier molecular flexibility index (Phi) is 3.45. The van der Waals surface area contributed by atoms with Crippen LogP contribution in [0.4, 0.5) is 0 Å². The van der Waals surface area contributed by atoms with Crippen molar-refractivity contribution < 1.29 is 8.42 Å². The van der Waals surface area contributed by atoms with E-state index < -0.39 is 10.9 Å². The van der Waals surface area contributed by atoms with E-state index in [1.807, 2.05) is 32.0 Å². The van der Waals surface area contributed by atoms with Gasteiger partial charge in [-0.25, -0.2) is 13.1 Å². The summed E-state index contributed by atoms with van der Waals surface area (Å²) in [6, 6.07) is 5.95. The van der Waals surface area contributed by atoms with Crippen molar-refractivity contribution in [2.75, 3.05) is 0 Å². The Morgan fingerprint density at radius 3 is 2.54 bits per heavy atom. The Morgan fingerprint density at radius 1 is 1.31 bits per heavy atom. The summed E-state index contributed by atoms with van der Waals surface area (Å²) in [5, 5.41) is 0. The number of hydrogen-bond donors (Lipinski definition) is 2. The molecule has 0 saturated carbocycles. The molecule has 0 saturated heterocycles. The van der Waals surface area contributed by atoms with Crippen LogP contribution in [0, 0.1) is 13.8 Å². The van der Waals surface area contributed by atoms with Crippen LogP contribution in [0.25, 0.3) is 0 Å². The van der Waals surface area contributed by atoms with Crippen molar-refractivity contribution in [3.63, 3.8) is 0 Å². The number of nitrogens with one attached hydrogen (secondary N) is 1. The molecule has 0 aliphatic rings. The van der Waals surface area contributed by atoms with Crippen LogP contribution < -0.4 is 4.72 Å². The molecule has 4 heteroatoms. The molecule has 0 spiro atoms. The standard InChI is InChI=1S/C9H13NO2S/c1-7-3-4-9(8(2)5-7)6-10-13(11)12/h3-5,13H,6H2,1-2H3,(H,10,11,12). The predicted molar refractivity (Wildman–Crippen MR) is 53.1 cm³/mol. The van der Waals surface area contributed by atoms with Gasteiger partial charge in [0.25, 0.3) is 0 Å². The summed E-state index contributed by atoms with van der Waals surface area (Å²) in [7, 11) is -2.49. The molecular weight excluding hydrogens is 186 g/mol. The van der Waals surface area contributed by atoms with Crippen molar-refractivity contribution in [2.24, 2.45) is 0 Å². The maximum Gasteiger partial charge on any atom is 0.201 e. The Bertz CT molecular complexity index is 364. The van der Waals surface area contributed by atoms with Crippen molar-refractivity contribution in [1.29, 1.82) is 0 Å². The molecule has 0 aromatic heterocycles. The normalized spacial score (nSPS) is 10.7. The molecule has 72 valence electrons. The first-order valence-electron chi connectivity index (χ1n) is 4.03. The van der Waals surface area contributed by atoms with Gasteiger partial charge in [-0.3, -0.25) is 0 Å². The van der Waals surface area contributed by atoms with Crippen LogP contribution in [0.3, 0.4) is 0 Å². The maximum absolute atomic E-state index is 10.3. The van der Waals surface area contributed by atoms with Crippen LogP contribution in [0.15, 0.2) is 18.2 Å². The van der Waals surface area contributed by atoms with E-state index in [9.17, 15) is 8.42 Å². The summed E-state index contributed by atoms with van der Waals surface area (Å²) in [4.78, 5) is 0. The first-order chi connectivity index (χ1) is 6.09. The van der Waals surface area contributed by atoms with Gasteiger partial charge in [0.15, 0.2) is 0 Å². The molecule has 3 nitrogen and oxygen atoms in total. The molecule has 1 N–H and O–H groups in total. The molecule has 0 heterocycles. The molecule has 1 aromatic carbocycles. The quantitative estimate of drug-likeness (QED) is 0.711. The highest BCUT2D eigenvalue weighted by molar-refractivity contribution is 7.70. The highest BCUT2D eigenvalue weighted by Crippen LogP contribution is 2.09. The molecule has 1 rings (SSSR count). The SMILES string of the molecule is Cc1ccc(CN[SH](=O)=O)c(C)c1. The van der Waals surface area contributed by atoms with Crippen LogP contribution >= 0.6 is 0 Å². The van der Waals surface area contributed by atoms with Gasteiger partial charge in [0.1, 0.15) is 0 Å². The maximum atomic E-state index is 10.3. The molecule has 0 atom stereocenters. The fourth-order valence-corrected chi connectivity index (χ4v) is 1.49. The monoisotopic (exact) mass is 199 g/mol. The van der Waals surface area contributed by atoms with E-state index in [0.29, 0.717) is 6.54 Å². The summed E-state index contributed by atoms with van der Waals surface area (Å²) in [6.07, 6.45) is 0. The highest BCUT2D eigenvalue weighted by Gasteiger charge is 1.97. The van der Waals surface area contributed by atoms with E-state index in [1.54, 1.807) is 0 Å².